The van der Waals surface area contributed by atoms with Crippen LogP contribution in [-0.4, -0.2) is 41.2 Å². The van der Waals surface area contributed by atoms with Gasteiger partial charge < -0.3 is 15.3 Å². The van der Waals surface area contributed by atoms with Gasteiger partial charge in [0, 0.05) is 36.4 Å². The highest BCUT2D eigenvalue weighted by molar-refractivity contribution is 7.13. The maximum Gasteiger partial charge on any atom is 0.321 e. The molecule has 2 rings (SSSR count). The molecule has 2 amide bonds. The average molecular weight is 277 g/mol. The maximum absolute atomic E-state index is 11.7. The molecule has 1 heterocycles. The number of thiazole rings is 1. The zero-order chi connectivity index (χ0) is 13.7. The van der Waals surface area contributed by atoms with Gasteiger partial charge >= 0.3 is 6.03 Å². The van der Waals surface area contributed by atoms with Crippen LogP contribution in [0.4, 0.5) is 10.5 Å². The highest BCUT2D eigenvalue weighted by Crippen LogP contribution is 2.23. The van der Waals surface area contributed by atoms with E-state index < -0.39 is 0 Å². The Kier molecular flexibility index (Phi) is 4.48. The first-order chi connectivity index (χ1) is 9.20. The highest BCUT2D eigenvalue weighted by atomic mass is 32.1. The van der Waals surface area contributed by atoms with E-state index in [4.69, 9.17) is 5.11 Å². The Morgan fingerprint density at radius 1 is 1.42 bits per heavy atom. The summed E-state index contributed by atoms with van der Waals surface area (Å²) in [5.41, 5.74) is 1.74. The van der Waals surface area contributed by atoms with Gasteiger partial charge in [-0.15, -0.1) is 11.3 Å². The third-order valence-electron chi connectivity index (χ3n) is 2.60. The van der Waals surface area contributed by atoms with Crippen molar-refractivity contribution in [2.75, 3.05) is 25.5 Å². The molecule has 0 radical (unpaired) electrons. The smallest absolute Gasteiger partial charge is 0.321 e. The molecule has 2 N–H and O–H groups in total. The monoisotopic (exact) mass is 277 g/mol. The van der Waals surface area contributed by atoms with E-state index in [1.54, 1.807) is 24.6 Å². The van der Waals surface area contributed by atoms with E-state index in [0.717, 1.165) is 16.3 Å². The first kappa shape index (κ1) is 13.5. The lowest BCUT2D eigenvalue weighted by molar-refractivity contribution is 0.202. The van der Waals surface area contributed by atoms with E-state index in [-0.39, 0.29) is 12.6 Å². The van der Waals surface area contributed by atoms with E-state index in [2.05, 4.69) is 10.3 Å². The lowest BCUT2D eigenvalue weighted by Crippen LogP contribution is -2.33. The molecule has 0 aliphatic heterocycles. The van der Waals surface area contributed by atoms with Crippen molar-refractivity contribution in [3.63, 3.8) is 0 Å². The predicted octanol–water partition coefficient (Wildman–Crippen LogP) is 2.27. The normalized spacial score (nSPS) is 10.2. The van der Waals surface area contributed by atoms with Crippen molar-refractivity contribution in [3.8, 4) is 10.6 Å². The standard InChI is InChI=1S/C13H15N3O2S/c1-16(7-8-17)13(18)15-11-4-2-10(3-5-11)12-14-6-9-19-12/h2-6,9,17H,7-8H2,1H3,(H,15,18). The molecule has 1 aromatic heterocycles. The third kappa shape index (κ3) is 3.52. The van der Waals surface area contributed by atoms with Crippen LogP contribution in [0.25, 0.3) is 10.6 Å². The predicted molar refractivity (Wildman–Crippen MR) is 76.3 cm³/mol. The number of urea groups is 1. The van der Waals surface area contributed by atoms with Crippen LogP contribution in [0.2, 0.25) is 0 Å². The van der Waals surface area contributed by atoms with Gasteiger partial charge in [0.25, 0.3) is 0 Å². The molecule has 0 spiro atoms. The van der Waals surface area contributed by atoms with Crippen LogP contribution in [0.3, 0.4) is 0 Å². The van der Waals surface area contributed by atoms with Gasteiger partial charge in [0.05, 0.1) is 6.61 Å². The number of rotatable bonds is 4. The molecule has 0 saturated heterocycles. The number of benzene rings is 1. The minimum Gasteiger partial charge on any atom is -0.395 e. The molecule has 0 aliphatic rings. The Bertz CT molecular complexity index is 525. The third-order valence-corrected chi connectivity index (χ3v) is 3.42. The number of aliphatic hydroxyl groups is 1. The topological polar surface area (TPSA) is 65.5 Å². The van der Waals surface area contributed by atoms with Crippen LogP contribution >= 0.6 is 11.3 Å². The first-order valence-electron chi connectivity index (χ1n) is 5.83. The number of carbonyl (C=O) groups is 1. The van der Waals surface area contributed by atoms with Crippen molar-refractivity contribution in [2.45, 2.75) is 0 Å². The van der Waals surface area contributed by atoms with Gasteiger partial charge in [-0.2, -0.15) is 0 Å². The fourth-order valence-electron chi connectivity index (χ4n) is 1.53. The van der Waals surface area contributed by atoms with Crippen LogP contribution in [0.5, 0.6) is 0 Å². The van der Waals surface area contributed by atoms with Crippen LogP contribution in [0.1, 0.15) is 0 Å². The number of amides is 2. The first-order valence-corrected chi connectivity index (χ1v) is 6.71. The molecule has 0 aliphatic carbocycles. The number of carbonyl (C=O) groups excluding carboxylic acids is 1. The number of likely N-dealkylation sites (N-methyl/N-ethyl adjacent to an activating group) is 1. The zero-order valence-electron chi connectivity index (χ0n) is 10.5. The number of aliphatic hydroxyl groups excluding tert-OH is 1. The van der Waals surface area contributed by atoms with Crippen LogP contribution in [0, 0.1) is 0 Å². The van der Waals surface area contributed by atoms with Gasteiger partial charge in [0.15, 0.2) is 0 Å². The summed E-state index contributed by atoms with van der Waals surface area (Å²) in [5, 5.41) is 14.4. The summed E-state index contributed by atoms with van der Waals surface area (Å²) in [6.45, 7) is 0.260. The average Bonchev–Trinajstić information content (AvgIpc) is 2.94. The van der Waals surface area contributed by atoms with E-state index in [9.17, 15) is 4.79 Å². The van der Waals surface area contributed by atoms with E-state index in [1.165, 1.54) is 4.90 Å². The number of nitrogens with one attached hydrogen (secondary N) is 1. The fraction of sp³-hybridized carbons (Fsp3) is 0.231. The molecular formula is C13H15N3O2S. The summed E-state index contributed by atoms with van der Waals surface area (Å²) < 4.78 is 0. The molecule has 0 atom stereocenters. The minimum absolute atomic E-state index is 0.0487. The van der Waals surface area contributed by atoms with Crippen molar-refractivity contribution in [1.82, 2.24) is 9.88 Å². The Labute approximate surface area is 115 Å². The fourth-order valence-corrected chi connectivity index (χ4v) is 2.18. The molecule has 19 heavy (non-hydrogen) atoms. The van der Waals surface area contributed by atoms with Crippen LogP contribution in [0.15, 0.2) is 35.8 Å². The van der Waals surface area contributed by atoms with Crippen LogP contribution in [-0.2, 0) is 0 Å². The summed E-state index contributed by atoms with van der Waals surface area (Å²) in [4.78, 5) is 17.4. The van der Waals surface area contributed by atoms with Gasteiger partial charge in [0.1, 0.15) is 5.01 Å². The maximum atomic E-state index is 11.7. The van der Waals surface area contributed by atoms with Crippen molar-refractivity contribution in [2.24, 2.45) is 0 Å². The number of hydrogen-bond acceptors (Lipinski definition) is 4. The number of anilines is 1. The molecule has 0 fully saturated rings. The number of hydrogen-bond donors (Lipinski definition) is 2. The Balaban J connectivity index is 2.01. The van der Waals surface area contributed by atoms with Gasteiger partial charge in [-0.05, 0) is 24.3 Å². The van der Waals surface area contributed by atoms with Gasteiger partial charge in [-0.1, -0.05) is 0 Å². The number of nitrogens with zero attached hydrogens (tertiary/aromatic N) is 2. The molecule has 100 valence electrons. The van der Waals surface area contributed by atoms with E-state index in [1.807, 2.05) is 29.6 Å². The molecule has 5 nitrogen and oxygen atoms in total. The lowest BCUT2D eigenvalue weighted by Gasteiger charge is -2.16. The summed E-state index contributed by atoms with van der Waals surface area (Å²) >= 11 is 1.57. The Morgan fingerprint density at radius 2 is 2.16 bits per heavy atom. The molecule has 1 aromatic carbocycles. The SMILES string of the molecule is CN(CCO)C(=O)Nc1ccc(-c2nccs2)cc1. The Hall–Kier alpha value is -1.92. The second-order valence-corrected chi connectivity index (χ2v) is 4.88. The van der Waals surface area contributed by atoms with E-state index in [0.29, 0.717) is 6.54 Å². The molecule has 0 bridgehead atoms. The molecule has 0 unspecified atom stereocenters. The van der Waals surface area contributed by atoms with E-state index >= 15 is 0 Å². The lowest BCUT2D eigenvalue weighted by atomic mass is 10.2. The van der Waals surface area contributed by atoms with Gasteiger partial charge in [-0.25, -0.2) is 9.78 Å². The zero-order valence-corrected chi connectivity index (χ0v) is 11.4. The van der Waals surface area contributed by atoms with Gasteiger partial charge in [-0.3, -0.25) is 0 Å². The van der Waals surface area contributed by atoms with Gasteiger partial charge in [0.2, 0.25) is 0 Å². The summed E-state index contributed by atoms with van der Waals surface area (Å²) in [7, 11) is 1.63. The van der Waals surface area contributed by atoms with Crippen molar-refractivity contribution in [1.29, 1.82) is 0 Å². The molecule has 0 saturated carbocycles. The van der Waals surface area contributed by atoms with Crippen molar-refractivity contribution < 1.29 is 9.90 Å². The minimum atomic E-state index is -0.240. The second-order valence-electron chi connectivity index (χ2n) is 3.99. The quantitative estimate of drug-likeness (QED) is 0.901. The summed E-state index contributed by atoms with van der Waals surface area (Å²) in [6, 6.07) is 7.26. The summed E-state index contributed by atoms with van der Waals surface area (Å²) in [5.74, 6) is 0. The second kappa shape index (κ2) is 6.31. The summed E-state index contributed by atoms with van der Waals surface area (Å²) in [6.07, 6.45) is 1.76. The highest BCUT2D eigenvalue weighted by Gasteiger charge is 2.08. The largest absolute Gasteiger partial charge is 0.395 e. The molecule has 2 aromatic rings. The molecular weight excluding hydrogens is 262 g/mol. The van der Waals surface area contributed by atoms with Crippen molar-refractivity contribution >= 4 is 23.1 Å². The molecule has 6 heteroatoms. The Morgan fingerprint density at radius 3 is 2.74 bits per heavy atom. The van der Waals surface area contributed by atoms with Crippen molar-refractivity contribution in [3.05, 3.63) is 35.8 Å². The number of aromatic nitrogens is 1. The van der Waals surface area contributed by atoms with Crippen LogP contribution < -0.4 is 5.32 Å².